The van der Waals surface area contributed by atoms with Crippen molar-refractivity contribution in [3.63, 3.8) is 0 Å². The van der Waals surface area contributed by atoms with Gasteiger partial charge in [-0.05, 0) is 43.5 Å². The first kappa shape index (κ1) is 16.6. The average molecular weight is 349 g/mol. The van der Waals surface area contributed by atoms with Crippen molar-refractivity contribution >= 4 is 17.4 Å². The number of carbonyl (C=O) groups excluding carboxylic acids is 1. The van der Waals surface area contributed by atoms with Crippen LogP contribution in [0.25, 0.3) is 5.65 Å². The molecule has 6 heteroatoms. The third-order valence-electron chi connectivity index (χ3n) is 5.06. The van der Waals surface area contributed by atoms with Crippen LogP contribution in [0, 0.1) is 6.92 Å². The highest BCUT2D eigenvalue weighted by Gasteiger charge is 2.28. The quantitative estimate of drug-likeness (QED) is 0.730. The van der Waals surface area contributed by atoms with Gasteiger partial charge in [0.05, 0.1) is 0 Å². The van der Waals surface area contributed by atoms with Crippen molar-refractivity contribution in [2.24, 2.45) is 0 Å². The standard InChI is InChI=1S/C20H23N5O/c1-15-8-9-19-22-17(14-25(19)12-15)20(26)23(2)16-6-5-11-24(13-16)18-7-3-4-10-21-18/h3-4,7-10,12,14,16H,5-6,11,13H2,1-2H3/t16-/m1/s1. The fourth-order valence-electron chi connectivity index (χ4n) is 3.57. The minimum atomic E-state index is -0.0285. The van der Waals surface area contributed by atoms with Gasteiger partial charge in [0.2, 0.25) is 0 Å². The normalized spacial score (nSPS) is 17.5. The third kappa shape index (κ3) is 3.14. The van der Waals surface area contributed by atoms with E-state index in [9.17, 15) is 4.79 Å². The topological polar surface area (TPSA) is 53.7 Å². The Morgan fingerprint density at radius 3 is 2.92 bits per heavy atom. The summed E-state index contributed by atoms with van der Waals surface area (Å²) in [6.45, 7) is 3.80. The van der Waals surface area contributed by atoms with Crippen LogP contribution in [-0.4, -0.2) is 51.4 Å². The molecule has 6 nitrogen and oxygen atoms in total. The number of carbonyl (C=O) groups is 1. The minimum absolute atomic E-state index is 0.0285. The van der Waals surface area contributed by atoms with Crippen molar-refractivity contribution < 1.29 is 4.79 Å². The molecule has 0 spiro atoms. The summed E-state index contributed by atoms with van der Waals surface area (Å²) in [4.78, 5) is 26.0. The maximum absolute atomic E-state index is 13.0. The van der Waals surface area contributed by atoms with Crippen molar-refractivity contribution in [1.82, 2.24) is 19.3 Å². The van der Waals surface area contributed by atoms with E-state index in [0.29, 0.717) is 5.69 Å². The van der Waals surface area contributed by atoms with Crippen LogP contribution in [0.2, 0.25) is 0 Å². The molecule has 4 rings (SSSR count). The number of rotatable bonds is 3. The van der Waals surface area contributed by atoms with Crippen molar-refractivity contribution in [3.05, 3.63) is 60.2 Å². The second-order valence-electron chi connectivity index (χ2n) is 6.94. The predicted octanol–water partition coefficient (Wildman–Crippen LogP) is 2.78. The van der Waals surface area contributed by atoms with Crippen molar-refractivity contribution in [3.8, 4) is 0 Å². The molecule has 4 heterocycles. The smallest absolute Gasteiger partial charge is 0.274 e. The number of aromatic nitrogens is 3. The maximum Gasteiger partial charge on any atom is 0.274 e. The van der Waals surface area contributed by atoms with Gasteiger partial charge >= 0.3 is 0 Å². The molecule has 134 valence electrons. The number of amides is 1. The van der Waals surface area contributed by atoms with Crippen LogP contribution in [0.5, 0.6) is 0 Å². The minimum Gasteiger partial charge on any atom is -0.355 e. The summed E-state index contributed by atoms with van der Waals surface area (Å²) in [7, 11) is 1.88. The first-order valence-electron chi connectivity index (χ1n) is 9.00. The Labute approximate surface area is 153 Å². The first-order valence-corrected chi connectivity index (χ1v) is 9.00. The Hall–Kier alpha value is -2.89. The van der Waals surface area contributed by atoms with Gasteiger partial charge in [-0.1, -0.05) is 12.1 Å². The molecule has 0 bridgehead atoms. The molecular weight excluding hydrogens is 326 g/mol. The summed E-state index contributed by atoms with van der Waals surface area (Å²) in [5.41, 5.74) is 2.43. The average Bonchev–Trinajstić information content (AvgIpc) is 3.10. The van der Waals surface area contributed by atoms with Gasteiger partial charge in [-0.15, -0.1) is 0 Å². The van der Waals surface area contributed by atoms with E-state index in [1.165, 1.54) is 0 Å². The molecule has 0 unspecified atom stereocenters. The summed E-state index contributed by atoms with van der Waals surface area (Å²) in [5, 5.41) is 0. The maximum atomic E-state index is 13.0. The Kier molecular flexibility index (Phi) is 4.32. The van der Waals surface area contributed by atoms with Crippen LogP contribution in [0.1, 0.15) is 28.9 Å². The number of hydrogen-bond donors (Lipinski definition) is 0. The SMILES string of the molecule is Cc1ccc2nc(C(=O)N(C)[C@@H]3CCCN(c4ccccn4)C3)cn2c1. The molecule has 0 aliphatic carbocycles. The third-order valence-corrected chi connectivity index (χ3v) is 5.06. The lowest BCUT2D eigenvalue weighted by atomic mass is 10.0. The van der Waals surface area contributed by atoms with Gasteiger partial charge in [0.1, 0.15) is 17.2 Å². The second-order valence-corrected chi connectivity index (χ2v) is 6.94. The van der Waals surface area contributed by atoms with Crippen LogP contribution >= 0.6 is 0 Å². The van der Waals surface area contributed by atoms with Crippen molar-refractivity contribution in [2.75, 3.05) is 25.0 Å². The second kappa shape index (κ2) is 6.78. The van der Waals surface area contributed by atoms with E-state index >= 15 is 0 Å². The number of pyridine rings is 2. The number of aryl methyl sites for hydroxylation is 1. The fourth-order valence-corrected chi connectivity index (χ4v) is 3.57. The molecule has 0 radical (unpaired) electrons. The van der Waals surface area contributed by atoms with E-state index in [-0.39, 0.29) is 11.9 Å². The highest BCUT2D eigenvalue weighted by molar-refractivity contribution is 5.93. The first-order chi connectivity index (χ1) is 12.6. The van der Waals surface area contributed by atoms with Crippen LogP contribution in [0.15, 0.2) is 48.9 Å². The predicted molar refractivity (Wildman–Crippen MR) is 101 cm³/mol. The highest BCUT2D eigenvalue weighted by Crippen LogP contribution is 2.21. The number of imidazole rings is 1. The number of hydrogen-bond acceptors (Lipinski definition) is 4. The summed E-state index contributed by atoms with van der Waals surface area (Å²) in [6, 6.07) is 10.0. The van der Waals surface area contributed by atoms with Gasteiger partial charge in [-0.3, -0.25) is 4.79 Å². The van der Waals surface area contributed by atoms with E-state index in [1.54, 1.807) is 0 Å². The monoisotopic (exact) mass is 349 g/mol. The lowest BCUT2D eigenvalue weighted by Crippen LogP contribution is -2.49. The zero-order chi connectivity index (χ0) is 18.1. The molecule has 1 saturated heterocycles. The molecule has 0 saturated carbocycles. The lowest BCUT2D eigenvalue weighted by Gasteiger charge is -2.38. The van der Waals surface area contributed by atoms with E-state index in [4.69, 9.17) is 0 Å². The Bertz CT molecular complexity index is 920. The summed E-state index contributed by atoms with van der Waals surface area (Å²) in [6.07, 6.45) is 7.66. The number of piperidine rings is 1. The van der Waals surface area contributed by atoms with Gasteiger partial charge in [0.25, 0.3) is 5.91 Å². The molecule has 0 N–H and O–H groups in total. The summed E-state index contributed by atoms with van der Waals surface area (Å²) >= 11 is 0. The summed E-state index contributed by atoms with van der Waals surface area (Å²) < 4.78 is 1.91. The molecule has 3 aromatic heterocycles. The van der Waals surface area contributed by atoms with Crippen LogP contribution in [0.3, 0.4) is 0 Å². The van der Waals surface area contributed by atoms with E-state index < -0.39 is 0 Å². The van der Waals surface area contributed by atoms with Crippen molar-refractivity contribution in [1.29, 1.82) is 0 Å². The van der Waals surface area contributed by atoms with Gasteiger partial charge in [0.15, 0.2) is 0 Å². The van der Waals surface area contributed by atoms with Crippen LogP contribution < -0.4 is 4.90 Å². The molecule has 1 amide bonds. The zero-order valence-corrected chi connectivity index (χ0v) is 15.2. The lowest BCUT2D eigenvalue weighted by molar-refractivity contribution is 0.0712. The molecule has 1 atom stereocenters. The number of fused-ring (bicyclic) bond motifs is 1. The molecule has 1 aliphatic heterocycles. The van der Waals surface area contributed by atoms with E-state index in [0.717, 1.165) is 43.0 Å². The highest BCUT2D eigenvalue weighted by atomic mass is 16.2. The number of nitrogens with zero attached hydrogens (tertiary/aromatic N) is 5. The van der Waals surface area contributed by atoms with Gasteiger partial charge in [-0.25, -0.2) is 9.97 Å². The molecule has 3 aromatic rings. The zero-order valence-electron chi connectivity index (χ0n) is 15.2. The van der Waals surface area contributed by atoms with E-state index in [2.05, 4.69) is 14.9 Å². The van der Waals surface area contributed by atoms with Gasteiger partial charge < -0.3 is 14.2 Å². The largest absolute Gasteiger partial charge is 0.355 e. The molecule has 1 fully saturated rings. The molecule has 0 aromatic carbocycles. The van der Waals surface area contributed by atoms with Gasteiger partial charge in [0, 0.05) is 44.8 Å². The molecular formula is C20H23N5O. The Morgan fingerprint density at radius 2 is 2.12 bits per heavy atom. The fraction of sp³-hybridized carbons (Fsp3) is 0.350. The summed E-state index contributed by atoms with van der Waals surface area (Å²) in [5.74, 6) is 0.945. The Balaban J connectivity index is 1.52. The molecule has 1 aliphatic rings. The van der Waals surface area contributed by atoms with Crippen LogP contribution in [-0.2, 0) is 0 Å². The Morgan fingerprint density at radius 1 is 1.23 bits per heavy atom. The van der Waals surface area contributed by atoms with Gasteiger partial charge in [-0.2, -0.15) is 0 Å². The van der Waals surface area contributed by atoms with Crippen molar-refractivity contribution in [2.45, 2.75) is 25.8 Å². The molecule has 26 heavy (non-hydrogen) atoms. The van der Waals surface area contributed by atoms with E-state index in [1.807, 2.05) is 72.2 Å². The number of anilines is 1. The number of likely N-dealkylation sites (N-methyl/N-ethyl adjacent to an activating group) is 1. The van der Waals surface area contributed by atoms with Crippen LogP contribution in [0.4, 0.5) is 5.82 Å².